The summed E-state index contributed by atoms with van der Waals surface area (Å²) >= 11 is 12.1. The van der Waals surface area contributed by atoms with Gasteiger partial charge in [0.05, 0.1) is 16.8 Å². The van der Waals surface area contributed by atoms with Gasteiger partial charge in [0.2, 0.25) is 0 Å². The van der Waals surface area contributed by atoms with E-state index in [1.807, 2.05) is 39.0 Å². The van der Waals surface area contributed by atoms with Gasteiger partial charge in [-0.25, -0.2) is 5.43 Å². The van der Waals surface area contributed by atoms with Gasteiger partial charge >= 0.3 is 0 Å². The molecule has 0 fully saturated rings. The van der Waals surface area contributed by atoms with Gasteiger partial charge in [-0.1, -0.05) is 85.1 Å². The minimum atomic E-state index is -0.810. The maximum absolute atomic E-state index is 13.0. The van der Waals surface area contributed by atoms with Crippen LogP contribution < -0.4 is 10.7 Å². The van der Waals surface area contributed by atoms with E-state index in [-0.39, 0.29) is 16.5 Å². The van der Waals surface area contributed by atoms with Crippen molar-refractivity contribution >= 4 is 52.1 Å². The highest BCUT2D eigenvalue weighted by molar-refractivity contribution is 6.36. The molecule has 0 bridgehead atoms. The third kappa shape index (κ3) is 6.09. The molecule has 0 aliphatic carbocycles. The maximum atomic E-state index is 13.0. The van der Waals surface area contributed by atoms with E-state index in [0.717, 1.165) is 28.7 Å². The minimum absolute atomic E-state index is 0.182. The second kappa shape index (κ2) is 11.8. The van der Waals surface area contributed by atoms with E-state index in [1.54, 1.807) is 12.3 Å². The molecule has 4 aromatic rings. The number of benzene rings is 3. The van der Waals surface area contributed by atoms with Crippen LogP contribution in [-0.4, -0.2) is 28.6 Å². The van der Waals surface area contributed by atoms with Crippen molar-refractivity contribution in [1.82, 2.24) is 15.3 Å². The van der Waals surface area contributed by atoms with Crippen LogP contribution in [0.2, 0.25) is 10.0 Å². The maximum Gasteiger partial charge on any atom is 0.262 e. The number of fused-ring (bicyclic) bond motifs is 1. The van der Waals surface area contributed by atoms with Crippen molar-refractivity contribution in [2.45, 2.75) is 40.3 Å². The molecule has 0 spiro atoms. The summed E-state index contributed by atoms with van der Waals surface area (Å²) in [6, 6.07) is 20.4. The first-order valence-corrected chi connectivity index (χ1v) is 13.1. The SMILES string of the molecule is Cc1cccc(Cn2c(C)c(C=NNC(=O)C(NC(=O)c3ccc(Cl)cc3Cl)C(C)C)c3ccccc32)c1. The van der Waals surface area contributed by atoms with Crippen LogP contribution in [0.25, 0.3) is 10.9 Å². The van der Waals surface area contributed by atoms with Crippen molar-refractivity contribution in [2.75, 3.05) is 0 Å². The Balaban J connectivity index is 1.53. The lowest BCUT2D eigenvalue weighted by molar-refractivity contribution is -0.123. The van der Waals surface area contributed by atoms with Gasteiger partial charge in [-0.3, -0.25) is 9.59 Å². The summed E-state index contributed by atoms with van der Waals surface area (Å²) < 4.78 is 2.25. The van der Waals surface area contributed by atoms with E-state index >= 15 is 0 Å². The number of amides is 2. The average Bonchev–Trinajstić information content (AvgIpc) is 3.13. The van der Waals surface area contributed by atoms with Crippen molar-refractivity contribution in [1.29, 1.82) is 0 Å². The Kier molecular flexibility index (Phi) is 8.55. The first kappa shape index (κ1) is 27.4. The van der Waals surface area contributed by atoms with Gasteiger partial charge in [-0.2, -0.15) is 5.10 Å². The number of halogens is 2. The van der Waals surface area contributed by atoms with Crippen molar-refractivity contribution < 1.29 is 9.59 Å². The number of nitrogens with one attached hydrogen (secondary N) is 2. The number of rotatable bonds is 8. The molecular formula is C30H30Cl2N4O2. The van der Waals surface area contributed by atoms with E-state index in [1.165, 1.54) is 23.3 Å². The highest BCUT2D eigenvalue weighted by Gasteiger charge is 2.25. The van der Waals surface area contributed by atoms with E-state index in [0.29, 0.717) is 5.02 Å². The molecule has 196 valence electrons. The molecule has 0 saturated carbocycles. The highest BCUT2D eigenvalue weighted by Crippen LogP contribution is 2.26. The smallest absolute Gasteiger partial charge is 0.262 e. The van der Waals surface area contributed by atoms with Crippen LogP contribution in [0.15, 0.2) is 71.8 Å². The lowest BCUT2D eigenvalue weighted by atomic mass is 10.0. The molecule has 4 rings (SSSR count). The fourth-order valence-corrected chi connectivity index (χ4v) is 4.97. The van der Waals surface area contributed by atoms with E-state index in [2.05, 4.69) is 57.7 Å². The summed E-state index contributed by atoms with van der Waals surface area (Å²) in [4.78, 5) is 25.8. The normalized spacial score (nSPS) is 12.3. The van der Waals surface area contributed by atoms with Crippen LogP contribution in [0, 0.1) is 19.8 Å². The Labute approximate surface area is 232 Å². The number of hydrogen-bond donors (Lipinski definition) is 2. The van der Waals surface area contributed by atoms with Gasteiger partial charge in [0.25, 0.3) is 11.8 Å². The third-order valence-electron chi connectivity index (χ3n) is 6.48. The Bertz CT molecular complexity index is 1520. The molecular weight excluding hydrogens is 519 g/mol. The van der Waals surface area contributed by atoms with Gasteiger partial charge < -0.3 is 9.88 Å². The lowest BCUT2D eigenvalue weighted by Crippen LogP contribution is -2.48. The summed E-state index contributed by atoms with van der Waals surface area (Å²) in [6.45, 7) is 8.55. The molecule has 0 radical (unpaired) electrons. The molecule has 1 aromatic heterocycles. The average molecular weight is 550 g/mol. The number of aryl methyl sites for hydroxylation is 1. The van der Waals surface area contributed by atoms with Crippen LogP contribution in [0.4, 0.5) is 0 Å². The fourth-order valence-electron chi connectivity index (χ4n) is 4.48. The number of carbonyl (C=O) groups is 2. The zero-order chi connectivity index (χ0) is 27.4. The van der Waals surface area contributed by atoms with Crippen LogP contribution in [-0.2, 0) is 11.3 Å². The lowest BCUT2D eigenvalue weighted by Gasteiger charge is -2.20. The van der Waals surface area contributed by atoms with Crippen molar-refractivity contribution in [3.8, 4) is 0 Å². The zero-order valence-corrected chi connectivity index (χ0v) is 23.3. The topological polar surface area (TPSA) is 75.5 Å². The molecule has 2 N–H and O–H groups in total. The number of aromatic nitrogens is 1. The van der Waals surface area contributed by atoms with Crippen molar-refractivity contribution in [2.24, 2.45) is 11.0 Å². The zero-order valence-electron chi connectivity index (χ0n) is 21.8. The Morgan fingerprint density at radius 1 is 1.00 bits per heavy atom. The van der Waals surface area contributed by atoms with Crippen LogP contribution >= 0.6 is 23.2 Å². The number of hydrazone groups is 1. The number of carbonyl (C=O) groups excluding carboxylic acids is 2. The summed E-state index contributed by atoms with van der Waals surface area (Å²) in [5.41, 5.74) is 8.32. The molecule has 1 heterocycles. The summed E-state index contributed by atoms with van der Waals surface area (Å²) in [6.07, 6.45) is 1.66. The molecule has 3 aromatic carbocycles. The highest BCUT2D eigenvalue weighted by atomic mass is 35.5. The Hall–Kier alpha value is -3.61. The molecule has 1 atom stereocenters. The summed E-state index contributed by atoms with van der Waals surface area (Å²) in [5.74, 6) is -1.06. The minimum Gasteiger partial charge on any atom is -0.340 e. The molecule has 2 amide bonds. The second-order valence-electron chi connectivity index (χ2n) is 9.65. The number of hydrogen-bond acceptors (Lipinski definition) is 3. The first-order chi connectivity index (χ1) is 18.2. The van der Waals surface area contributed by atoms with Crippen LogP contribution in [0.3, 0.4) is 0 Å². The van der Waals surface area contributed by atoms with E-state index in [9.17, 15) is 9.59 Å². The van der Waals surface area contributed by atoms with Crippen LogP contribution in [0.5, 0.6) is 0 Å². The summed E-state index contributed by atoms with van der Waals surface area (Å²) in [7, 11) is 0. The van der Waals surface area contributed by atoms with Gasteiger partial charge in [-0.15, -0.1) is 0 Å². The molecule has 0 saturated heterocycles. The molecule has 0 aliphatic heterocycles. The fraction of sp³-hybridized carbons (Fsp3) is 0.233. The number of para-hydroxylation sites is 1. The van der Waals surface area contributed by atoms with Gasteiger partial charge in [0.15, 0.2) is 0 Å². The van der Waals surface area contributed by atoms with Crippen molar-refractivity contribution in [3.63, 3.8) is 0 Å². The van der Waals surface area contributed by atoms with Crippen LogP contribution in [0.1, 0.15) is 46.6 Å². The molecule has 38 heavy (non-hydrogen) atoms. The predicted octanol–water partition coefficient (Wildman–Crippen LogP) is 6.52. The molecule has 8 heteroatoms. The monoisotopic (exact) mass is 548 g/mol. The second-order valence-corrected chi connectivity index (χ2v) is 10.5. The quantitative estimate of drug-likeness (QED) is 0.194. The molecule has 1 unspecified atom stereocenters. The van der Waals surface area contributed by atoms with Crippen molar-refractivity contribution in [3.05, 3.63) is 105 Å². The van der Waals surface area contributed by atoms with Gasteiger partial charge in [-0.05, 0) is 49.6 Å². The predicted molar refractivity (Wildman–Crippen MR) is 155 cm³/mol. The third-order valence-corrected chi connectivity index (χ3v) is 7.03. The van der Waals surface area contributed by atoms with Gasteiger partial charge in [0.1, 0.15) is 6.04 Å². The first-order valence-electron chi connectivity index (χ1n) is 12.4. The number of nitrogens with zero attached hydrogens (tertiary/aromatic N) is 2. The molecule has 6 nitrogen and oxygen atoms in total. The standard InChI is InChI=1S/C30H30Cl2N4O2/c1-18(2)28(34-29(37)24-13-12-22(31)15-26(24)32)30(38)35-33-16-25-20(4)36(27-11-6-5-10-23(25)27)17-21-9-7-8-19(3)14-21/h5-16,18,28H,17H2,1-4H3,(H,34,37)(H,35,38). The van der Waals surface area contributed by atoms with E-state index in [4.69, 9.17) is 23.2 Å². The molecule has 0 aliphatic rings. The largest absolute Gasteiger partial charge is 0.340 e. The Morgan fingerprint density at radius 2 is 1.76 bits per heavy atom. The van der Waals surface area contributed by atoms with E-state index < -0.39 is 17.9 Å². The van der Waals surface area contributed by atoms with Gasteiger partial charge in [0, 0.05) is 33.7 Å². The summed E-state index contributed by atoms with van der Waals surface area (Å²) in [5, 5.41) is 8.71. The Morgan fingerprint density at radius 3 is 2.47 bits per heavy atom.